The molecule has 5 rings (SSSR count). The number of hydrogen-bond acceptors (Lipinski definition) is 8. The first kappa shape index (κ1) is 19.4. The van der Waals surface area contributed by atoms with E-state index < -0.39 is 29.0 Å². The van der Waals surface area contributed by atoms with Crippen molar-refractivity contribution in [1.29, 1.82) is 0 Å². The molecule has 0 radical (unpaired) electrons. The number of phenolic OH excluding ortho intramolecular Hbond substituents is 1. The number of halogens is 1. The van der Waals surface area contributed by atoms with Crippen LogP contribution in [-0.2, 0) is 4.79 Å². The molecular formula is C22H15ClO8. The molecule has 3 heterocycles. The number of carbonyl (C=O) groups excluding carboxylic acids is 2. The number of hydrogen-bond donors (Lipinski definition) is 1. The summed E-state index contributed by atoms with van der Waals surface area (Å²) in [6, 6.07) is 4.53. The molecule has 8 nitrogen and oxygen atoms in total. The van der Waals surface area contributed by atoms with Crippen molar-refractivity contribution in [2.75, 3.05) is 6.79 Å². The normalized spacial score (nSPS) is 16.9. The quantitative estimate of drug-likeness (QED) is 0.276. The van der Waals surface area contributed by atoms with E-state index in [4.69, 9.17) is 30.2 Å². The van der Waals surface area contributed by atoms with Gasteiger partial charge in [0.25, 0.3) is 0 Å². The molecule has 0 aliphatic carbocycles. The second kappa shape index (κ2) is 6.75. The molecule has 0 saturated carbocycles. The Labute approximate surface area is 179 Å². The lowest BCUT2D eigenvalue weighted by Crippen LogP contribution is -2.23. The summed E-state index contributed by atoms with van der Waals surface area (Å²) in [7, 11) is 0. The van der Waals surface area contributed by atoms with Crippen molar-refractivity contribution >= 4 is 34.3 Å². The van der Waals surface area contributed by atoms with Gasteiger partial charge in [0.2, 0.25) is 6.79 Å². The maximum atomic E-state index is 12.5. The van der Waals surface area contributed by atoms with Crippen molar-refractivity contribution in [3.63, 3.8) is 0 Å². The van der Waals surface area contributed by atoms with E-state index in [1.54, 1.807) is 19.1 Å². The first-order valence-electron chi connectivity index (χ1n) is 9.40. The van der Waals surface area contributed by atoms with Gasteiger partial charge in [0.1, 0.15) is 16.9 Å². The summed E-state index contributed by atoms with van der Waals surface area (Å²) in [5.41, 5.74) is 0.583. The minimum atomic E-state index is -0.672. The van der Waals surface area contributed by atoms with Crippen LogP contribution in [0.2, 0.25) is 5.02 Å². The number of aryl methyl sites for hydroxylation is 1. The van der Waals surface area contributed by atoms with E-state index in [9.17, 15) is 19.5 Å². The predicted octanol–water partition coefficient (Wildman–Crippen LogP) is 3.83. The van der Waals surface area contributed by atoms with Gasteiger partial charge in [-0.05, 0) is 37.1 Å². The molecule has 2 aliphatic heterocycles. The lowest BCUT2D eigenvalue weighted by molar-refractivity contribution is -0.135. The third-order valence-electron chi connectivity index (χ3n) is 5.49. The van der Waals surface area contributed by atoms with Crippen LogP contribution in [0.15, 0.2) is 27.4 Å². The molecule has 0 fully saturated rings. The highest BCUT2D eigenvalue weighted by atomic mass is 35.5. The van der Waals surface area contributed by atoms with Gasteiger partial charge in [0, 0.05) is 17.5 Å². The number of benzene rings is 2. The molecule has 3 aromatic rings. The summed E-state index contributed by atoms with van der Waals surface area (Å²) in [5, 5.41) is 11.3. The Bertz CT molecular complexity index is 1370. The van der Waals surface area contributed by atoms with Crippen molar-refractivity contribution in [1.82, 2.24) is 0 Å². The Morgan fingerprint density at radius 2 is 1.94 bits per heavy atom. The molecule has 0 unspecified atom stereocenters. The summed E-state index contributed by atoms with van der Waals surface area (Å²) >= 11 is 6.34. The molecular weight excluding hydrogens is 428 g/mol. The molecule has 0 saturated heterocycles. The first-order valence-corrected chi connectivity index (χ1v) is 9.78. The number of fused-ring (bicyclic) bond motifs is 4. The zero-order valence-electron chi connectivity index (χ0n) is 16.4. The maximum absolute atomic E-state index is 12.5. The second-order valence-electron chi connectivity index (χ2n) is 7.44. The fourth-order valence-electron chi connectivity index (χ4n) is 4.21. The smallest absolute Gasteiger partial charge is 0.336 e. The lowest BCUT2D eigenvalue weighted by atomic mass is 9.82. The number of aromatic hydroxyl groups is 1. The van der Waals surface area contributed by atoms with Crippen molar-refractivity contribution in [2.45, 2.75) is 26.2 Å². The Morgan fingerprint density at radius 1 is 1.16 bits per heavy atom. The van der Waals surface area contributed by atoms with E-state index in [-0.39, 0.29) is 40.5 Å². The van der Waals surface area contributed by atoms with E-state index in [1.165, 1.54) is 13.0 Å². The van der Waals surface area contributed by atoms with Crippen molar-refractivity contribution in [3.8, 4) is 23.0 Å². The number of rotatable bonds is 2. The van der Waals surface area contributed by atoms with Crippen LogP contribution in [0.1, 0.15) is 46.3 Å². The van der Waals surface area contributed by atoms with E-state index in [1.807, 2.05) is 0 Å². The fourth-order valence-corrected chi connectivity index (χ4v) is 4.48. The maximum Gasteiger partial charge on any atom is 0.336 e. The summed E-state index contributed by atoms with van der Waals surface area (Å²) in [4.78, 5) is 37.1. The number of ketones is 1. The van der Waals surface area contributed by atoms with Crippen molar-refractivity contribution < 1.29 is 33.3 Å². The van der Waals surface area contributed by atoms with E-state index in [2.05, 4.69) is 0 Å². The molecule has 0 bridgehead atoms. The zero-order chi connectivity index (χ0) is 22.0. The second-order valence-corrected chi connectivity index (χ2v) is 7.85. The Kier molecular flexibility index (Phi) is 4.23. The average Bonchev–Trinajstić information content (AvgIpc) is 3.15. The predicted molar refractivity (Wildman–Crippen MR) is 109 cm³/mol. The van der Waals surface area contributed by atoms with E-state index in [0.717, 1.165) is 0 Å². The van der Waals surface area contributed by atoms with Gasteiger partial charge < -0.3 is 23.7 Å². The van der Waals surface area contributed by atoms with Crippen LogP contribution in [0, 0.1) is 6.92 Å². The third-order valence-corrected chi connectivity index (χ3v) is 5.77. The Morgan fingerprint density at radius 3 is 2.68 bits per heavy atom. The van der Waals surface area contributed by atoms with Gasteiger partial charge in [-0.3, -0.25) is 9.59 Å². The van der Waals surface area contributed by atoms with Gasteiger partial charge in [-0.25, -0.2) is 4.79 Å². The molecule has 1 aromatic heterocycles. The number of Topliss-reactive ketones (excluding diaryl/α,β-unsaturated/α-hetero) is 1. The van der Waals surface area contributed by atoms with Crippen LogP contribution in [0.3, 0.4) is 0 Å². The molecule has 2 aromatic carbocycles. The van der Waals surface area contributed by atoms with Crippen LogP contribution < -0.4 is 19.8 Å². The van der Waals surface area contributed by atoms with Crippen LogP contribution in [0.25, 0.3) is 11.0 Å². The van der Waals surface area contributed by atoms with Crippen LogP contribution >= 0.6 is 11.6 Å². The highest BCUT2D eigenvalue weighted by molar-refractivity contribution is 6.32. The Hall–Kier alpha value is -3.52. The van der Waals surface area contributed by atoms with Gasteiger partial charge in [-0.2, -0.15) is 0 Å². The van der Waals surface area contributed by atoms with Gasteiger partial charge in [0.15, 0.2) is 23.0 Å². The van der Waals surface area contributed by atoms with Crippen molar-refractivity contribution in [3.05, 3.63) is 55.9 Å². The molecule has 9 heteroatoms. The van der Waals surface area contributed by atoms with Gasteiger partial charge in [-0.1, -0.05) is 11.6 Å². The zero-order valence-corrected chi connectivity index (χ0v) is 17.2. The highest BCUT2D eigenvalue weighted by Crippen LogP contribution is 2.51. The molecule has 1 N–H and O–H groups in total. The number of phenols is 1. The van der Waals surface area contributed by atoms with Gasteiger partial charge in [-0.15, -0.1) is 0 Å². The van der Waals surface area contributed by atoms with Crippen LogP contribution in [0.5, 0.6) is 23.0 Å². The average molecular weight is 443 g/mol. The molecule has 0 spiro atoms. The minimum absolute atomic E-state index is 0.0150. The van der Waals surface area contributed by atoms with E-state index in [0.29, 0.717) is 28.2 Å². The summed E-state index contributed by atoms with van der Waals surface area (Å²) < 4.78 is 21.6. The lowest BCUT2D eigenvalue weighted by Gasteiger charge is -2.28. The topological polar surface area (TPSA) is 112 Å². The first-order chi connectivity index (χ1) is 14.8. The van der Waals surface area contributed by atoms with Crippen LogP contribution in [0.4, 0.5) is 0 Å². The third kappa shape index (κ3) is 2.86. The van der Waals surface area contributed by atoms with Gasteiger partial charge >= 0.3 is 11.6 Å². The van der Waals surface area contributed by atoms with Crippen molar-refractivity contribution in [2.24, 2.45) is 0 Å². The monoisotopic (exact) mass is 442 g/mol. The standard InChI is InChI=1S/C22H15ClO8/c1-8-3-14(25)30-21-16(8)19(27)17(9(2)24)22-18(21)11(6-15(26)31-22)10-4-12(23)20-13(5-10)28-7-29-20/h3-5,11,27H,6-7H2,1-2H3/t11-/m0/s1. The van der Waals surface area contributed by atoms with Crippen LogP contribution in [-0.4, -0.2) is 23.7 Å². The SMILES string of the molecule is CC(=O)c1c2c(c3oc(=O)cc(C)c3c1O)[C@H](c1cc(Cl)c3c(c1)OCO3)CC(=O)O2. The number of esters is 1. The molecule has 1 atom stereocenters. The highest BCUT2D eigenvalue weighted by Gasteiger charge is 2.38. The van der Waals surface area contributed by atoms with E-state index >= 15 is 0 Å². The number of carbonyl (C=O) groups is 2. The summed E-state index contributed by atoms with van der Waals surface area (Å²) in [6.07, 6.45) is -0.0994. The molecule has 2 aliphatic rings. The molecule has 31 heavy (non-hydrogen) atoms. The molecule has 0 amide bonds. The molecule has 158 valence electrons. The fraction of sp³-hybridized carbons (Fsp3) is 0.227. The van der Waals surface area contributed by atoms with Gasteiger partial charge in [0.05, 0.1) is 16.8 Å². The largest absolute Gasteiger partial charge is 0.506 e. The summed E-state index contributed by atoms with van der Waals surface area (Å²) in [6.45, 7) is 2.89. The number of ether oxygens (including phenoxy) is 3. The summed E-state index contributed by atoms with van der Waals surface area (Å²) in [5.74, 6) is -1.50. The Balaban J connectivity index is 1.90. The minimum Gasteiger partial charge on any atom is -0.506 e.